The number of hydrogen-bond acceptors (Lipinski definition) is 1. The summed E-state index contributed by atoms with van der Waals surface area (Å²) in [6.07, 6.45) is 5.67. The number of para-hydroxylation sites is 1. The summed E-state index contributed by atoms with van der Waals surface area (Å²) < 4.78 is 0. The lowest BCUT2D eigenvalue weighted by molar-refractivity contribution is 0.940. The van der Waals surface area contributed by atoms with E-state index in [1.807, 2.05) is 0 Å². The molecule has 1 atom stereocenters. The summed E-state index contributed by atoms with van der Waals surface area (Å²) in [4.78, 5) is 0. The van der Waals surface area contributed by atoms with Crippen LogP contribution < -0.4 is 5.32 Å². The van der Waals surface area contributed by atoms with Crippen LogP contribution in [0.2, 0.25) is 0 Å². The van der Waals surface area contributed by atoms with E-state index in [0.717, 1.165) is 13.0 Å². The van der Waals surface area contributed by atoms with E-state index < -0.39 is 0 Å². The van der Waals surface area contributed by atoms with E-state index in [-0.39, 0.29) is 0 Å². The predicted octanol–water partition coefficient (Wildman–Crippen LogP) is 3.16. The molecule has 1 aliphatic heterocycles. The molecule has 1 aromatic carbocycles. The first-order valence-electron chi connectivity index (χ1n) is 4.91. The van der Waals surface area contributed by atoms with Crippen LogP contribution in [0.5, 0.6) is 0 Å². The summed E-state index contributed by atoms with van der Waals surface area (Å²) >= 11 is 0. The van der Waals surface area contributed by atoms with Gasteiger partial charge in [0.25, 0.3) is 0 Å². The summed E-state index contributed by atoms with van der Waals surface area (Å²) in [7, 11) is 0. The van der Waals surface area contributed by atoms with Crippen molar-refractivity contribution in [3.05, 3.63) is 42.0 Å². The zero-order chi connectivity index (χ0) is 9.10. The van der Waals surface area contributed by atoms with Crippen molar-refractivity contribution in [2.75, 3.05) is 11.9 Å². The van der Waals surface area contributed by atoms with Gasteiger partial charge in [0.15, 0.2) is 0 Å². The van der Waals surface area contributed by atoms with Gasteiger partial charge >= 0.3 is 0 Å². The van der Waals surface area contributed by atoms with Crippen LogP contribution in [0, 0.1) is 0 Å². The van der Waals surface area contributed by atoms with Gasteiger partial charge in [0.05, 0.1) is 0 Å². The highest BCUT2D eigenvalue weighted by molar-refractivity contribution is 5.58. The van der Waals surface area contributed by atoms with E-state index in [4.69, 9.17) is 0 Å². The summed E-state index contributed by atoms with van der Waals surface area (Å²) in [5, 5.41) is 3.41. The molecule has 0 saturated carbocycles. The van der Waals surface area contributed by atoms with Gasteiger partial charge in [-0.25, -0.2) is 0 Å². The molecule has 0 aromatic heterocycles. The Morgan fingerprint density at radius 1 is 1.46 bits per heavy atom. The number of nitrogens with one attached hydrogen (secondary N) is 1. The second-order valence-electron chi connectivity index (χ2n) is 3.41. The Kier molecular flexibility index (Phi) is 2.35. The molecule has 1 nitrogen and oxygen atoms in total. The number of benzene rings is 1. The first kappa shape index (κ1) is 8.36. The summed E-state index contributed by atoms with van der Waals surface area (Å²) in [6.45, 7) is 3.22. The van der Waals surface area contributed by atoms with Gasteiger partial charge in [0, 0.05) is 18.2 Å². The lowest BCUT2D eigenvalue weighted by Crippen LogP contribution is -1.97. The molecule has 1 unspecified atom stereocenters. The molecule has 1 N–H and O–H groups in total. The van der Waals surface area contributed by atoms with Gasteiger partial charge in [0.2, 0.25) is 0 Å². The number of hydrogen-bond donors (Lipinski definition) is 1. The van der Waals surface area contributed by atoms with Crippen molar-refractivity contribution in [1.29, 1.82) is 0 Å². The van der Waals surface area contributed by atoms with Gasteiger partial charge in [-0.2, -0.15) is 0 Å². The minimum atomic E-state index is 0.580. The second-order valence-corrected chi connectivity index (χ2v) is 3.41. The Balaban J connectivity index is 2.23. The zero-order valence-electron chi connectivity index (χ0n) is 7.96. The maximum absolute atomic E-state index is 3.41. The van der Waals surface area contributed by atoms with Crippen molar-refractivity contribution in [1.82, 2.24) is 0 Å². The molecule has 13 heavy (non-hydrogen) atoms. The fourth-order valence-corrected chi connectivity index (χ4v) is 1.78. The maximum Gasteiger partial charge on any atom is 0.0379 e. The van der Waals surface area contributed by atoms with E-state index >= 15 is 0 Å². The SMILES string of the molecule is CC/C=C/C1CNc2ccccc21. The topological polar surface area (TPSA) is 12.0 Å². The van der Waals surface area contributed by atoms with Crippen molar-refractivity contribution in [3.8, 4) is 0 Å². The van der Waals surface area contributed by atoms with Gasteiger partial charge in [-0.3, -0.25) is 0 Å². The summed E-state index contributed by atoms with van der Waals surface area (Å²) in [5.41, 5.74) is 2.74. The number of rotatable bonds is 2. The minimum absolute atomic E-state index is 0.580. The lowest BCUT2D eigenvalue weighted by atomic mass is 10.0. The fraction of sp³-hybridized carbons (Fsp3) is 0.333. The Bertz CT molecular complexity index is 315. The number of anilines is 1. The van der Waals surface area contributed by atoms with Gasteiger partial charge < -0.3 is 5.32 Å². The number of fused-ring (bicyclic) bond motifs is 1. The third-order valence-electron chi connectivity index (χ3n) is 2.48. The van der Waals surface area contributed by atoms with E-state index in [2.05, 4.69) is 48.7 Å². The minimum Gasteiger partial charge on any atom is -0.384 e. The molecule has 0 fully saturated rings. The Labute approximate surface area is 79.5 Å². The Morgan fingerprint density at radius 2 is 2.31 bits per heavy atom. The molecule has 0 amide bonds. The van der Waals surface area contributed by atoms with E-state index in [1.54, 1.807) is 0 Å². The molecule has 1 heterocycles. The van der Waals surface area contributed by atoms with Crippen molar-refractivity contribution >= 4 is 5.69 Å². The van der Waals surface area contributed by atoms with Gasteiger partial charge in [-0.05, 0) is 18.1 Å². The Morgan fingerprint density at radius 3 is 3.15 bits per heavy atom. The van der Waals surface area contributed by atoms with Crippen LogP contribution in [0.25, 0.3) is 0 Å². The van der Waals surface area contributed by atoms with Crippen LogP contribution in [-0.2, 0) is 0 Å². The summed E-state index contributed by atoms with van der Waals surface area (Å²) in [6, 6.07) is 8.55. The highest BCUT2D eigenvalue weighted by atomic mass is 14.9. The summed E-state index contributed by atoms with van der Waals surface area (Å²) in [5.74, 6) is 0.580. The van der Waals surface area contributed by atoms with Crippen molar-refractivity contribution in [3.63, 3.8) is 0 Å². The van der Waals surface area contributed by atoms with E-state index in [1.165, 1.54) is 11.3 Å². The first-order chi connectivity index (χ1) is 6.42. The second kappa shape index (κ2) is 3.65. The number of allylic oxidation sites excluding steroid dienone is 1. The first-order valence-corrected chi connectivity index (χ1v) is 4.91. The van der Waals surface area contributed by atoms with Gasteiger partial charge in [-0.15, -0.1) is 0 Å². The van der Waals surface area contributed by atoms with Crippen molar-refractivity contribution in [2.24, 2.45) is 0 Å². The largest absolute Gasteiger partial charge is 0.384 e. The monoisotopic (exact) mass is 173 g/mol. The van der Waals surface area contributed by atoms with Gasteiger partial charge in [-0.1, -0.05) is 37.3 Å². The molecule has 0 spiro atoms. The average molecular weight is 173 g/mol. The quantitative estimate of drug-likeness (QED) is 0.677. The standard InChI is InChI=1S/C12H15N/c1-2-3-6-10-9-13-12-8-5-4-7-11(10)12/h3-8,10,13H,2,9H2,1H3/b6-3+. The van der Waals surface area contributed by atoms with Crippen LogP contribution in [0.3, 0.4) is 0 Å². The van der Waals surface area contributed by atoms with Crippen LogP contribution in [-0.4, -0.2) is 6.54 Å². The molecule has 1 heteroatoms. The average Bonchev–Trinajstić information content (AvgIpc) is 2.58. The Hall–Kier alpha value is -1.24. The molecule has 0 saturated heterocycles. The maximum atomic E-state index is 3.41. The smallest absolute Gasteiger partial charge is 0.0379 e. The molecule has 0 aliphatic carbocycles. The van der Waals surface area contributed by atoms with E-state index in [9.17, 15) is 0 Å². The third kappa shape index (κ3) is 1.59. The predicted molar refractivity (Wildman–Crippen MR) is 57.1 cm³/mol. The van der Waals surface area contributed by atoms with Gasteiger partial charge in [0.1, 0.15) is 0 Å². The highest BCUT2D eigenvalue weighted by Crippen LogP contribution is 2.31. The third-order valence-corrected chi connectivity index (χ3v) is 2.48. The molecular weight excluding hydrogens is 158 g/mol. The zero-order valence-corrected chi connectivity index (χ0v) is 7.96. The van der Waals surface area contributed by atoms with Crippen molar-refractivity contribution in [2.45, 2.75) is 19.3 Å². The van der Waals surface area contributed by atoms with Crippen molar-refractivity contribution < 1.29 is 0 Å². The molecule has 0 radical (unpaired) electrons. The van der Waals surface area contributed by atoms with Crippen LogP contribution in [0.1, 0.15) is 24.8 Å². The molecule has 1 aliphatic rings. The van der Waals surface area contributed by atoms with Crippen LogP contribution >= 0.6 is 0 Å². The molecule has 0 bridgehead atoms. The molecule has 2 rings (SSSR count). The fourth-order valence-electron chi connectivity index (χ4n) is 1.78. The highest BCUT2D eigenvalue weighted by Gasteiger charge is 2.17. The normalized spacial score (nSPS) is 20.2. The van der Waals surface area contributed by atoms with Crippen LogP contribution in [0.4, 0.5) is 5.69 Å². The van der Waals surface area contributed by atoms with Crippen LogP contribution in [0.15, 0.2) is 36.4 Å². The molecule has 68 valence electrons. The van der Waals surface area contributed by atoms with E-state index in [0.29, 0.717) is 5.92 Å². The molecular formula is C12H15N. The molecule has 1 aromatic rings. The lowest BCUT2D eigenvalue weighted by Gasteiger charge is -2.02.